The van der Waals surface area contributed by atoms with Crippen LogP contribution in [0, 0.1) is 10.1 Å². The Labute approximate surface area is 164 Å². The van der Waals surface area contributed by atoms with Gasteiger partial charge in [0, 0.05) is 17.7 Å². The molecule has 3 rings (SSSR count). The van der Waals surface area contributed by atoms with Gasteiger partial charge in [0.25, 0.3) is 17.5 Å². The van der Waals surface area contributed by atoms with Crippen LogP contribution in [0.4, 0.5) is 11.4 Å². The number of carbonyl (C=O) groups is 3. The molecule has 1 heterocycles. The number of para-hydroxylation sites is 1. The lowest BCUT2D eigenvalue weighted by molar-refractivity contribution is -0.384. The average Bonchev–Trinajstić information content (AvgIpc) is 2.97. The number of carboxylic acid groups (broad SMARTS) is 1. The first-order valence-electron chi connectivity index (χ1n) is 8.38. The molecule has 10 nitrogen and oxygen atoms in total. The maximum absolute atomic E-state index is 12.7. The second-order valence-corrected chi connectivity index (χ2v) is 6.05. The van der Waals surface area contributed by atoms with Gasteiger partial charge in [-0.05, 0) is 31.2 Å². The van der Waals surface area contributed by atoms with Gasteiger partial charge in [-0.1, -0.05) is 18.2 Å². The minimum Gasteiger partial charge on any atom is -0.479 e. The van der Waals surface area contributed by atoms with Crippen LogP contribution in [0.5, 0.6) is 5.75 Å². The SMILES string of the molecule is C[C@@H](Oc1ccc([N+](=O)[O-])cc1/C=C1/C(=O)NN(c2ccccc2)C1=O)C(=O)O. The molecule has 0 spiro atoms. The van der Waals surface area contributed by atoms with Gasteiger partial charge in [0.1, 0.15) is 11.3 Å². The van der Waals surface area contributed by atoms with Crippen molar-refractivity contribution in [1.29, 1.82) is 0 Å². The van der Waals surface area contributed by atoms with Crippen LogP contribution in [-0.4, -0.2) is 33.9 Å². The molecule has 0 unspecified atom stereocenters. The largest absolute Gasteiger partial charge is 0.479 e. The fourth-order valence-electron chi connectivity index (χ4n) is 2.58. The van der Waals surface area contributed by atoms with Gasteiger partial charge in [-0.25, -0.2) is 9.80 Å². The zero-order chi connectivity index (χ0) is 21.1. The molecule has 1 atom stereocenters. The highest BCUT2D eigenvalue weighted by atomic mass is 16.6. The number of nitrogens with zero attached hydrogens (tertiary/aromatic N) is 2. The fourth-order valence-corrected chi connectivity index (χ4v) is 2.58. The van der Waals surface area contributed by atoms with Crippen LogP contribution < -0.4 is 15.2 Å². The van der Waals surface area contributed by atoms with Crippen molar-refractivity contribution in [2.45, 2.75) is 13.0 Å². The van der Waals surface area contributed by atoms with Crippen molar-refractivity contribution in [3.8, 4) is 5.75 Å². The Bertz CT molecular complexity index is 1030. The number of nitro groups is 1. The molecule has 29 heavy (non-hydrogen) atoms. The number of non-ortho nitro benzene ring substituents is 1. The molecular formula is C19H15N3O7. The third-order valence-electron chi connectivity index (χ3n) is 4.06. The minimum atomic E-state index is -1.25. The standard InChI is InChI=1S/C19H15N3O7/c1-11(19(25)26)29-16-8-7-14(22(27)28)9-12(16)10-15-17(23)20-21(18(15)24)13-5-3-2-4-6-13/h2-11H,1H3,(H,20,23)(H,25,26)/b15-10-/t11-/m1/s1. The highest BCUT2D eigenvalue weighted by molar-refractivity contribution is 6.31. The number of anilines is 1. The number of hydrazine groups is 1. The Kier molecular flexibility index (Phi) is 5.26. The first kappa shape index (κ1) is 19.5. The smallest absolute Gasteiger partial charge is 0.344 e. The Morgan fingerprint density at radius 2 is 1.93 bits per heavy atom. The van der Waals surface area contributed by atoms with E-state index in [0.717, 1.165) is 23.2 Å². The van der Waals surface area contributed by atoms with E-state index in [-0.39, 0.29) is 22.6 Å². The molecule has 1 aliphatic rings. The van der Waals surface area contributed by atoms with Crippen molar-refractivity contribution in [3.63, 3.8) is 0 Å². The fraction of sp³-hybridized carbons (Fsp3) is 0.105. The van der Waals surface area contributed by atoms with E-state index in [0.29, 0.717) is 5.69 Å². The second kappa shape index (κ2) is 7.80. The van der Waals surface area contributed by atoms with Crippen LogP contribution in [0.1, 0.15) is 12.5 Å². The van der Waals surface area contributed by atoms with Crippen molar-refractivity contribution in [2.24, 2.45) is 0 Å². The summed E-state index contributed by atoms with van der Waals surface area (Å²) in [5, 5.41) is 21.2. The van der Waals surface area contributed by atoms with Gasteiger partial charge in [-0.2, -0.15) is 0 Å². The van der Waals surface area contributed by atoms with Gasteiger partial charge < -0.3 is 9.84 Å². The number of rotatable bonds is 6. The summed E-state index contributed by atoms with van der Waals surface area (Å²) in [5.41, 5.74) is 2.29. The van der Waals surface area contributed by atoms with E-state index in [1.165, 1.54) is 13.0 Å². The lowest BCUT2D eigenvalue weighted by Gasteiger charge is -2.14. The number of benzene rings is 2. The topological polar surface area (TPSA) is 139 Å². The van der Waals surface area contributed by atoms with E-state index in [1.54, 1.807) is 30.3 Å². The molecule has 0 saturated carbocycles. The Morgan fingerprint density at radius 1 is 1.24 bits per heavy atom. The molecule has 148 valence electrons. The van der Waals surface area contributed by atoms with Crippen molar-refractivity contribution in [1.82, 2.24) is 5.43 Å². The second-order valence-electron chi connectivity index (χ2n) is 6.05. The van der Waals surface area contributed by atoms with Gasteiger partial charge in [0.05, 0.1) is 10.6 Å². The first-order chi connectivity index (χ1) is 13.8. The zero-order valence-corrected chi connectivity index (χ0v) is 15.1. The Balaban J connectivity index is 2.02. The van der Waals surface area contributed by atoms with Crippen LogP contribution in [0.3, 0.4) is 0 Å². The normalized spacial score (nSPS) is 15.9. The molecule has 0 bridgehead atoms. The molecule has 2 N–H and O–H groups in total. The average molecular weight is 397 g/mol. The third kappa shape index (κ3) is 4.05. The molecule has 10 heteroatoms. The number of aliphatic carboxylic acids is 1. The van der Waals surface area contributed by atoms with Crippen LogP contribution in [0.15, 0.2) is 54.1 Å². The predicted octanol–water partition coefficient (Wildman–Crippen LogP) is 1.91. The molecule has 2 amide bonds. The van der Waals surface area contributed by atoms with Crippen LogP contribution in [-0.2, 0) is 14.4 Å². The summed E-state index contributed by atoms with van der Waals surface area (Å²) in [4.78, 5) is 46.5. The van der Waals surface area contributed by atoms with Crippen molar-refractivity contribution < 1.29 is 29.2 Å². The maximum atomic E-state index is 12.7. The van der Waals surface area contributed by atoms with E-state index in [9.17, 15) is 24.5 Å². The number of hydrogen-bond acceptors (Lipinski definition) is 6. The molecule has 1 fully saturated rings. The van der Waals surface area contributed by atoms with Gasteiger partial charge in [0.15, 0.2) is 6.10 Å². The number of nitrogens with one attached hydrogen (secondary N) is 1. The number of ether oxygens (including phenoxy) is 1. The molecule has 0 aromatic heterocycles. The molecule has 1 aliphatic heterocycles. The highest BCUT2D eigenvalue weighted by Gasteiger charge is 2.34. The number of nitro benzene ring substituents is 1. The molecule has 2 aromatic rings. The lowest BCUT2D eigenvalue weighted by atomic mass is 10.1. The summed E-state index contributed by atoms with van der Waals surface area (Å²) in [6.45, 7) is 1.28. The van der Waals surface area contributed by atoms with Crippen LogP contribution >= 0.6 is 0 Å². The molecule has 0 aliphatic carbocycles. The monoisotopic (exact) mass is 397 g/mol. The highest BCUT2D eigenvalue weighted by Crippen LogP contribution is 2.29. The van der Waals surface area contributed by atoms with E-state index < -0.39 is 28.8 Å². The summed E-state index contributed by atoms with van der Waals surface area (Å²) in [5.74, 6) is -2.63. The van der Waals surface area contributed by atoms with Crippen molar-refractivity contribution in [2.75, 3.05) is 5.01 Å². The summed E-state index contributed by atoms with van der Waals surface area (Å²) in [7, 11) is 0. The van der Waals surface area contributed by atoms with E-state index >= 15 is 0 Å². The summed E-state index contributed by atoms with van der Waals surface area (Å²) in [6, 6.07) is 11.8. The van der Waals surface area contributed by atoms with Gasteiger partial charge in [-0.15, -0.1) is 0 Å². The Morgan fingerprint density at radius 3 is 2.55 bits per heavy atom. The molecule has 0 radical (unpaired) electrons. The van der Waals surface area contributed by atoms with Crippen molar-refractivity contribution >= 4 is 35.2 Å². The van der Waals surface area contributed by atoms with E-state index in [2.05, 4.69) is 5.43 Å². The first-order valence-corrected chi connectivity index (χ1v) is 8.38. The molecular weight excluding hydrogens is 382 g/mol. The van der Waals surface area contributed by atoms with Gasteiger partial charge >= 0.3 is 5.97 Å². The molecule has 1 saturated heterocycles. The van der Waals surface area contributed by atoms with Crippen LogP contribution in [0.2, 0.25) is 0 Å². The maximum Gasteiger partial charge on any atom is 0.344 e. The molecule has 2 aromatic carbocycles. The number of amides is 2. The summed E-state index contributed by atoms with van der Waals surface area (Å²) >= 11 is 0. The Hall–Kier alpha value is -4.21. The number of hydrogen-bond donors (Lipinski definition) is 2. The third-order valence-corrected chi connectivity index (χ3v) is 4.06. The quantitative estimate of drug-likeness (QED) is 0.328. The summed E-state index contributed by atoms with van der Waals surface area (Å²) < 4.78 is 5.31. The van der Waals surface area contributed by atoms with E-state index in [4.69, 9.17) is 9.84 Å². The zero-order valence-electron chi connectivity index (χ0n) is 15.1. The number of carboxylic acids is 1. The van der Waals surface area contributed by atoms with Gasteiger partial charge in [0.2, 0.25) is 0 Å². The predicted molar refractivity (Wildman–Crippen MR) is 101 cm³/mol. The van der Waals surface area contributed by atoms with Gasteiger partial charge in [-0.3, -0.25) is 25.1 Å². The van der Waals surface area contributed by atoms with E-state index in [1.807, 2.05) is 0 Å². The van der Waals surface area contributed by atoms with Crippen molar-refractivity contribution in [3.05, 3.63) is 69.8 Å². The van der Waals surface area contributed by atoms with Crippen LogP contribution in [0.25, 0.3) is 6.08 Å². The summed E-state index contributed by atoms with van der Waals surface area (Å²) in [6.07, 6.45) is -0.111. The minimum absolute atomic E-state index is 0.0169. The lowest BCUT2D eigenvalue weighted by Crippen LogP contribution is -2.35. The number of carbonyl (C=O) groups excluding carboxylic acids is 2.